The fraction of sp³-hybridized carbons (Fsp3) is 0.955. The van der Waals surface area contributed by atoms with Gasteiger partial charge >= 0.3 is 0 Å². The number of rotatable bonds is 10. The summed E-state index contributed by atoms with van der Waals surface area (Å²) < 4.78 is 37.0. The first kappa shape index (κ1) is 32.4. The highest BCUT2D eigenvalue weighted by Crippen LogP contribution is 2.31. The van der Waals surface area contributed by atoms with Crippen LogP contribution < -0.4 is 34.0 Å². The second kappa shape index (κ2) is 14.1. The lowest BCUT2D eigenvalue weighted by molar-refractivity contribution is -0.314. The molecule has 2 heterocycles. The highest BCUT2D eigenvalue weighted by atomic mass is 19.1. The summed E-state index contributed by atoms with van der Waals surface area (Å²) in [6.07, 6.45) is -14.4. The van der Waals surface area contributed by atoms with Crippen molar-refractivity contribution in [1.82, 2.24) is 5.32 Å². The zero-order chi connectivity index (χ0) is 29.0. The maximum atomic E-state index is 13.9. The zero-order valence-corrected chi connectivity index (χ0v) is 21.4. The first-order valence-corrected chi connectivity index (χ1v) is 13.0. The Hall–Kier alpha value is -1.16. The highest BCUT2D eigenvalue weighted by molar-refractivity contribution is 5.81. The molecule has 0 bridgehead atoms. The van der Waals surface area contributed by atoms with Crippen LogP contribution in [0.1, 0.15) is 19.3 Å². The third kappa shape index (κ3) is 7.38. The molecule has 1 saturated carbocycles. The second-order valence-electron chi connectivity index (χ2n) is 10.3. The molecular weight excluding hydrogens is 527 g/mol. The van der Waals surface area contributed by atoms with E-state index in [9.17, 15) is 34.7 Å². The van der Waals surface area contributed by atoms with E-state index in [-0.39, 0.29) is 19.1 Å². The van der Waals surface area contributed by atoms with Crippen molar-refractivity contribution < 1.29 is 53.7 Å². The first-order valence-electron chi connectivity index (χ1n) is 13.0. The quantitative estimate of drug-likeness (QED) is 0.116. The summed E-state index contributed by atoms with van der Waals surface area (Å²) in [6, 6.07) is -3.92. The second-order valence-corrected chi connectivity index (χ2v) is 10.3. The fourth-order valence-corrected chi connectivity index (χ4v) is 5.02. The van der Waals surface area contributed by atoms with Crippen molar-refractivity contribution in [2.45, 2.75) is 111 Å². The van der Waals surface area contributed by atoms with Crippen LogP contribution in [-0.4, -0.2) is 143 Å². The van der Waals surface area contributed by atoms with Crippen LogP contribution in [0.25, 0.3) is 0 Å². The molecule has 3 rings (SSSR count). The van der Waals surface area contributed by atoms with Crippen molar-refractivity contribution in [3.05, 3.63) is 0 Å². The molecular formula is C22H43FN6O10. The Morgan fingerprint density at radius 1 is 0.974 bits per heavy atom. The number of aliphatic hydroxyl groups is 5. The highest BCUT2D eigenvalue weighted by Gasteiger charge is 2.51. The van der Waals surface area contributed by atoms with Gasteiger partial charge in [-0.3, -0.25) is 4.79 Å². The first-order chi connectivity index (χ1) is 18.4. The Balaban J connectivity index is 1.84. The summed E-state index contributed by atoms with van der Waals surface area (Å²) in [5.41, 5.74) is 29.2. The lowest BCUT2D eigenvalue weighted by Gasteiger charge is -2.48. The molecule has 3 aliphatic rings. The molecule has 16 nitrogen and oxygen atoms in total. The Kier molecular flexibility index (Phi) is 11.7. The van der Waals surface area contributed by atoms with Crippen molar-refractivity contribution in [3.63, 3.8) is 0 Å². The van der Waals surface area contributed by atoms with Crippen LogP contribution in [-0.2, 0) is 23.7 Å². The fourth-order valence-electron chi connectivity index (χ4n) is 5.02. The molecule has 2 saturated heterocycles. The average molecular weight is 571 g/mol. The van der Waals surface area contributed by atoms with Crippen LogP contribution in [0, 0.1) is 0 Å². The van der Waals surface area contributed by atoms with Crippen molar-refractivity contribution in [1.29, 1.82) is 0 Å². The predicted molar refractivity (Wildman–Crippen MR) is 131 cm³/mol. The van der Waals surface area contributed by atoms with Crippen LogP contribution in [0.5, 0.6) is 0 Å². The topological polar surface area (TPSA) is 297 Å². The number of hydrogen-bond acceptors (Lipinski definition) is 15. The van der Waals surface area contributed by atoms with Gasteiger partial charge in [-0.05, 0) is 19.3 Å². The number of halogens is 1. The molecule has 1 aliphatic carbocycles. The van der Waals surface area contributed by atoms with E-state index in [1.165, 1.54) is 0 Å². The average Bonchev–Trinajstić information content (AvgIpc) is 2.92. The smallest absolute Gasteiger partial charge is 0.252 e. The number of nitrogens with one attached hydrogen (secondary N) is 1. The molecule has 0 spiro atoms. The van der Waals surface area contributed by atoms with Crippen LogP contribution in [0.15, 0.2) is 0 Å². The number of hydrogen-bond donors (Lipinski definition) is 11. The number of aliphatic hydroxyl groups excluding tert-OH is 5. The van der Waals surface area contributed by atoms with Gasteiger partial charge in [0.2, 0.25) is 0 Å². The number of nitrogens with two attached hydrogens (primary N) is 5. The van der Waals surface area contributed by atoms with Crippen LogP contribution in [0.2, 0.25) is 0 Å². The number of alkyl halides is 1. The minimum atomic E-state index is -2.11. The van der Waals surface area contributed by atoms with E-state index in [4.69, 9.17) is 47.6 Å². The van der Waals surface area contributed by atoms with Gasteiger partial charge in [-0.25, -0.2) is 4.39 Å². The number of carbonyl (C=O) groups is 1. The number of carbonyl (C=O) groups excluding carboxylic acids is 1. The van der Waals surface area contributed by atoms with Gasteiger partial charge in [0.1, 0.15) is 42.8 Å². The van der Waals surface area contributed by atoms with Gasteiger partial charge in [-0.2, -0.15) is 0 Å². The van der Waals surface area contributed by atoms with Crippen LogP contribution in [0.4, 0.5) is 4.39 Å². The lowest BCUT2D eigenvalue weighted by atomic mass is 9.83. The minimum Gasteiger partial charge on any atom is -0.394 e. The minimum absolute atomic E-state index is 0.104. The molecule has 2 unspecified atom stereocenters. The largest absolute Gasteiger partial charge is 0.394 e. The van der Waals surface area contributed by atoms with E-state index in [2.05, 4.69) is 5.32 Å². The molecule has 2 aliphatic heterocycles. The van der Waals surface area contributed by atoms with Gasteiger partial charge in [0.25, 0.3) is 5.91 Å². The maximum absolute atomic E-state index is 13.9. The van der Waals surface area contributed by atoms with Gasteiger partial charge in [-0.15, -0.1) is 0 Å². The molecule has 17 heteroatoms. The Bertz CT molecular complexity index is 792. The molecule has 0 aromatic heterocycles. The monoisotopic (exact) mass is 570 g/mol. The van der Waals surface area contributed by atoms with Crippen molar-refractivity contribution in [2.24, 2.45) is 28.7 Å². The van der Waals surface area contributed by atoms with Crippen molar-refractivity contribution >= 4 is 5.91 Å². The standard InChI is InChI=1S/C22H43FN6O10/c23-8(5-25)14(31)20(35)29-11-3-10(27)18(38-21-9(26)2-1-7(4-24)36-21)17(34)19(11)39-22-16(33)13(28)15(32)12(6-30)37-22/h7-19,21-22,30-34H,1-6,24-28H2,(H,29,35)/t7-,8?,9+,10-,11+,12+,13-,14?,15+,16+,17-,18+,19-,21+,22+/m0/s1. The molecule has 0 aromatic rings. The van der Waals surface area contributed by atoms with E-state index in [1.807, 2.05) is 0 Å². The van der Waals surface area contributed by atoms with E-state index in [0.29, 0.717) is 12.8 Å². The van der Waals surface area contributed by atoms with Gasteiger partial charge in [0.15, 0.2) is 18.7 Å². The molecule has 228 valence electrons. The number of amides is 1. The number of ether oxygens (including phenoxy) is 4. The summed E-state index contributed by atoms with van der Waals surface area (Å²) >= 11 is 0. The molecule has 1 amide bonds. The van der Waals surface area contributed by atoms with Crippen molar-refractivity contribution in [2.75, 3.05) is 19.7 Å². The Morgan fingerprint density at radius 2 is 1.64 bits per heavy atom. The van der Waals surface area contributed by atoms with Crippen LogP contribution >= 0.6 is 0 Å². The SMILES string of the molecule is NCC(F)C(O)C(=O)N[C@@H]1C[C@H](N)[C@@H](O[C@H]2O[C@H](CN)CC[C@H]2N)[C@H](O)[C@H]1O[C@H]1O[C@H](CO)[C@@H](O)[C@H](N)[C@H]1O. The zero-order valence-electron chi connectivity index (χ0n) is 21.4. The molecule has 39 heavy (non-hydrogen) atoms. The molecule has 3 fully saturated rings. The summed E-state index contributed by atoms with van der Waals surface area (Å²) in [6.45, 7) is -1.05. The third-order valence-corrected chi connectivity index (χ3v) is 7.46. The van der Waals surface area contributed by atoms with E-state index < -0.39 is 105 Å². The molecule has 0 radical (unpaired) electrons. The Labute approximate surface area is 224 Å². The predicted octanol–water partition coefficient (Wildman–Crippen LogP) is -6.45. The van der Waals surface area contributed by atoms with Crippen LogP contribution in [0.3, 0.4) is 0 Å². The molecule has 0 aromatic carbocycles. The molecule has 15 atom stereocenters. The summed E-state index contributed by atoms with van der Waals surface area (Å²) in [5, 5.41) is 54.0. The van der Waals surface area contributed by atoms with E-state index in [0.717, 1.165) is 0 Å². The van der Waals surface area contributed by atoms with Crippen molar-refractivity contribution in [3.8, 4) is 0 Å². The van der Waals surface area contributed by atoms with E-state index >= 15 is 0 Å². The molecule has 16 N–H and O–H groups in total. The summed E-state index contributed by atoms with van der Waals surface area (Å²) in [4.78, 5) is 12.5. The lowest BCUT2D eigenvalue weighted by Crippen LogP contribution is -2.69. The van der Waals surface area contributed by atoms with Gasteiger partial charge < -0.3 is 78.5 Å². The Morgan fingerprint density at radius 3 is 2.26 bits per heavy atom. The summed E-state index contributed by atoms with van der Waals surface area (Å²) in [5.74, 6) is -1.14. The van der Waals surface area contributed by atoms with Gasteiger partial charge in [0.05, 0.1) is 30.8 Å². The van der Waals surface area contributed by atoms with Gasteiger partial charge in [0, 0.05) is 19.1 Å². The van der Waals surface area contributed by atoms with Gasteiger partial charge in [-0.1, -0.05) is 0 Å². The normalized spacial score (nSPS) is 44.9. The summed E-state index contributed by atoms with van der Waals surface area (Å²) in [7, 11) is 0. The third-order valence-electron chi connectivity index (χ3n) is 7.46. The maximum Gasteiger partial charge on any atom is 0.252 e. The van der Waals surface area contributed by atoms with E-state index in [1.54, 1.807) is 0 Å².